The number of hydrogen-bond donors (Lipinski definition) is 1. The third kappa shape index (κ3) is 2.82. The molecule has 0 aliphatic rings. The zero-order valence-corrected chi connectivity index (χ0v) is 7.82. The summed E-state index contributed by atoms with van der Waals surface area (Å²) in [5.41, 5.74) is 0.364. The molecule has 0 saturated carbocycles. The second kappa shape index (κ2) is 4.54. The third-order valence-corrected chi connectivity index (χ3v) is 1.79. The largest absolute Gasteiger partial charge is 0.348 e. The number of amides is 1. The minimum atomic E-state index is -0.164. The quantitative estimate of drug-likeness (QED) is 0.753. The molecule has 0 fully saturated rings. The van der Waals surface area contributed by atoms with Gasteiger partial charge < -0.3 is 5.32 Å². The van der Waals surface area contributed by atoms with Crippen molar-refractivity contribution in [3.05, 3.63) is 24.3 Å². The molecule has 0 aromatic carbocycles. The zero-order valence-electron chi connectivity index (χ0n) is 7.82. The Bertz CT molecular complexity index is 273. The second-order valence-electron chi connectivity index (χ2n) is 2.87. The lowest BCUT2D eigenvalue weighted by molar-refractivity contribution is 0.0934. The van der Waals surface area contributed by atoms with Crippen LogP contribution in [0.5, 0.6) is 0 Å². The Morgan fingerprint density at radius 3 is 2.92 bits per heavy atom. The fourth-order valence-corrected chi connectivity index (χ4v) is 0.816. The van der Waals surface area contributed by atoms with Crippen molar-refractivity contribution in [2.24, 2.45) is 0 Å². The van der Waals surface area contributed by atoms with Crippen LogP contribution in [0.15, 0.2) is 18.6 Å². The van der Waals surface area contributed by atoms with Crippen LogP contribution in [0.4, 0.5) is 0 Å². The Labute approximate surface area is 77.4 Å². The Morgan fingerprint density at radius 1 is 1.62 bits per heavy atom. The number of aromatic nitrogens is 2. The van der Waals surface area contributed by atoms with Gasteiger partial charge in [-0.3, -0.25) is 9.78 Å². The molecule has 13 heavy (non-hydrogen) atoms. The standard InChI is InChI=1S/C9H13N3O/c1-3-7(2)12-9(13)8-6-10-4-5-11-8/h4-7H,3H2,1-2H3,(H,12,13). The highest BCUT2D eigenvalue weighted by Gasteiger charge is 2.08. The van der Waals surface area contributed by atoms with Crippen LogP contribution in [0, 0.1) is 0 Å². The monoisotopic (exact) mass is 179 g/mol. The van der Waals surface area contributed by atoms with Gasteiger partial charge in [0, 0.05) is 18.4 Å². The van der Waals surface area contributed by atoms with E-state index in [0.717, 1.165) is 6.42 Å². The normalized spacial score (nSPS) is 12.2. The molecule has 1 amide bonds. The van der Waals surface area contributed by atoms with E-state index in [-0.39, 0.29) is 11.9 Å². The smallest absolute Gasteiger partial charge is 0.271 e. The molecule has 1 aromatic heterocycles. The lowest BCUT2D eigenvalue weighted by Crippen LogP contribution is -2.32. The molecule has 1 unspecified atom stereocenters. The fraction of sp³-hybridized carbons (Fsp3) is 0.444. The summed E-state index contributed by atoms with van der Waals surface area (Å²) in [4.78, 5) is 19.1. The molecule has 0 bridgehead atoms. The van der Waals surface area contributed by atoms with Crippen molar-refractivity contribution in [3.63, 3.8) is 0 Å². The van der Waals surface area contributed by atoms with E-state index in [4.69, 9.17) is 0 Å². The number of nitrogens with one attached hydrogen (secondary N) is 1. The van der Waals surface area contributed by atoms with Crippen molar-refractivity contribution in [1.29, 1.82) is 0 Å². The van der Waals surface area contributed by atoms with E-state index in [1.54, 1.807) is 6.20 Å². The van der Waals surface area contributed by atoms with Crippen LogP contribution in [0.25, 0.3) is 0 Å². The predicted molar refractivity (Wildman–Crippen MR) is 49.3 cm³/mol. The van der Waals surface area contributed by atoms with Gasteiger partial charge in [-0.1, -0.05) is 6.92 Å². The highest BCUT2D eigenvalue weighted by molar-refractivity contribution is 5.92. The summed E-state index contributed by atoms with van der Waals surface area (Å²) in [6.07, 6.45) is 5.41. The van der Waals surface area contributed by atoms with Gasteiger partial charge in [0.2, 0.25) is 0 Å². The molecule has 1 heterocycles. The molecule has 0 aliphatic heterocycles. The van der Waals surface area contributed by atoms with E-state index >= 15 is 0 Å². The SMILES string of the molecule is CCC(C)NC(=O)c1cnccn1. The molecule has 0 aliphatic carbocycles. The summed E-state index contributed by atoms with van der Waals surface area (Å²) in [6.45, 7) is 3.97. The lowest BCUT2D eigenvalue weighted by atomic mass is 10.2. The average molecular weight is 179 g/mol. The van der Waals surface area contributed by atoms with Crippen LogP contribution in [0.1, 0.15) is 30.8 Å². The molecule has 1 rings (SSSR count). The molecular weight excluding hydrogens is 166 g/mol. The number of rotatable bonds is 3. The van der Waals surface area contributed by atoms with Crippen LogP contribution in [-0.4, -0.2) is 21.9 Å². The van der Waals surface area contributed by atoms with Crippen molar-refractivity contribution in [1.82, 2.24) is 15.3 Å². The van der Waals surface area contributed by atoms with E-state index in [9.17, 15) is 4.79 Å². The molecule has 4 heteroatoms. The van der Waals surface area contributed by atoms with Crippen LogP contribution < -0.4 is 5.32 Å². The van der Waals surface area contributed by atoms with E-state index < -0.39 is 0 Å². The van der Waals surface area contributed by atoms with Crippen molar-refractivity contribution >= 4 is 5.91 Å². The first-order valence-corrected chi connectivity index (χ1v) is 4.31. The van der Waals surface area contributed by atoms with Gasteiger partial charge >= 0.3 is 0 Å². The summed E-state index contributed by atoms with van der Waals surface area (Å²) in [7, 11) is 0. The van der Waals surface area contributed by atoms with Crippen LogP contribution in [0.2, 0.25) is 0 Å². The number of hydrogen-bond acceptors (Lipinski definition) is 3. The molecule has 0 spiro atoms. The third-order valence-electron chi connectivity index (χ3n) is 1.79. The predicted octanol–water partition coefficient (Wildman–Crippen LogP) is 1.00. The Morgan fingerprint density at radius 2 is 2.38 bits per heavy atom. The molecule has 4 nitrogen and oxygen atoms in total. The summed E-state index contributed by atoms with van der Waals surface area (Å²) in [6, 6.07) is 0.175. The van der Waals surface area contributed by atoms with Gasteiger partial charge in [-0.25, -0.2) is 4.98 Å². The minimum absolute atomic E-state index is 0.164. The first kappa shape index (κ1) is 9.64. The summed E-state index contributed by atoms with van der Waals surface area (Å²) < 4.78 is 0. The summed E-state index contributed by atoms with van der Waals surface area (Å²) in [5, 5.41) is 2.80. The van der Waals surface area contributed by atoms with Gasteiger partial charge in [0.15, 0.2) is 0 Å². The van der Waals surface area contributed by atoms with Crippen LogP contribution >= 0.6 is 0 Å². The van der Waals surface area contributed by atoms with Gasteiger partial charge in [0.25, 0.3) is 5.91 Å². The maximum absolute atomic E-state index is 11.4. The highest BCUT2D eigenvalue weighted by Crippen LogP contribution is 1.93. The number of nitrogens with zero attached hydrogens (tertiary/aromatic N) is 2. The Hall–Kier alpha value is -1.45. The highest BCUT2D eigenvalue weighted by atomic mass is 16.1. The summed E-state index contributed by atoms with van der Waals surface area (Å²) in [5.74, 6) is -0.164. The Balaban J connectivity index is 2.59. The average Bonchev–Trinajstić information content (AvgIpc) is 2.19. The van der Waals surface area contributed by atoms with Gasteiger partial charge in [-0.05, 0) is 13.3 Å². The van der Waals surface area contributed by atoms with Crippen molar-refractivity contribution in [2.75, 3.05) is 0 Å². The van der Waals surface area contributed by atoms with E-state index in [1.165, 1.54) is 12.4 Å². The molecule has 1 aromatic rings. The van der Waals surface area contributed by atoms with Gasteiger partial charge in [0.05, 0.1) is 6.20 Å². The van der Waals surface area contributed by atoms with E-state index in [2.05, 4.69) is 15.3 Å². The summed E-state index contributed by atoms with van der Waals surface area (Å²) >= 11 is 0. The maximum Gasteiger partial charge on any atom is 0.271 e. The maximum atomic E-state index is 11.4. The van der Waals surface area contributed by atoms with Crippen molar-refractivity contribution in [3.8, 4) is 0 Å². The first-order valence-electron chi connectivity index (χ1n) is 4.31. The number of carbonyl (C=O) groups is 1. The first-order chi connectivity index (χ1) is 6.24. The van der Waals surface area contributed by atoms with E-state index in [0.29, 0.717) is 5.69 Å². The van der Waals surface area contributed by atoms with Crippen molar-refractivity contribution in [2.45, 2.75) is 26.3 Å². The van der Waals surface area contributed by atoms with Crippen LogP contribution in [-0.2, 0) is 0 Å². The fourth-order valence-electron chi connectivity index (χ4n) is 0.816. The van der Waals surface area contributed by atoms with Crippen molar-refractivity contribution < 1.29 is 4.79 Å². The topological polar surface area (TPSA) is 54.9 Å². The molecular formula is C9H13N3O. The van der Waals surface area contributed by atoms with Gasteiger partial charge in [-0.15, -0.1) is 0 Å². The molecule has 1 N–H and O–H groups in total. The molecule has 0 saturated heterocycles. The van der Waals surface area contributed by atoms with Gasteiger partial charge in [-0.2, -0.15) is 0 Å². The number of carbonyl (C=O) groups excluding carboxylic acids is 1. The molecule has 1 atom stereocenters. The Kier molecular flexibility index (Phi) is 3.37. The molecule has 70 valence electrons. The zero-order chi connectivity index (χ0) is 9.68. The second-order valence-corrected chi connectivity index (χ2v) is 2.87. The van der Waals surface area contributed by atoms with Crippen LogP contribution in [0.3, 0.4) is 0 Å². The van der Waals surface area contributed by atoms with E-state index in [1.807, 2.05) is 13.8 Å². The minimum Gasteiger partial charge on any atom is -0.348 e. The molecule has 0 radical (unpaired) electrons. The van der Waals surface area contributed by atoms with Gasteiger partial charge in [0.1, 0.15) is 5.69 Å². The lowest BCUT2D eigenvalue weighted by Gasteiger charge is -2.09.